The standard InChI is InChI=1S/C11H18N5O13P3/c1-15-3-14-10-6(9(15)12)13-4-16(10)11-8(18)7(17)5(27-11)2-26-31(22,23)29-32(24,25)28-30(19,20)21/h3-5,7-8,11-12,17-18H,2H2,1H3,(H4,19,20,21,22,23,24,25)/p+1. The fraction of sp³-hybridized carbons (Fsp3) is 0.545. The highest BCUT2D eigenvalue weighted by atomic mass is 31.3. The average molecular weight is 522 g/mol. The van der Waals surface area contributed by atoms with Gasteiger partial charge in [-0.3, -0.25) is 9.09 Å². The fourth-order valence-electron chi connectivity index (χ4n) is 2.79. The van der Waals surface area contributed by atoms with E-state index < -0.39 is 54.6 Å². The highest BCUT2D eigenvalue weighted by Gasteiger charge is 2.47. The number of nitrogens with zero attached hydrogens (tertiary/aromatic N) is 4. The van der Waals surface area contributed by atoms with Crippen molar-refractivity contribution in [1.29, 1.82) is 0 Å². The Balaban J connectivity index is 1.71. The molecule has 180 valence electrons. The molecule has 0 aromatic carbocycles. The molecule has 3 heterocycles. The summed E-state index contributed by atoms with van der Waals surface area (Å²) in [6, 6.07) is 0. The molecule has 0 bridgehead atoms. The molecule has 8 N–H and O–H groups in total. The predicted octanol–water partition coefficient (Wildman–Crippen LogP) is -2.20. The number of aliphatic hydroxyl groups excluding tert-OH is 2. The number of phosphoric acid groups is 3. The van der Waals surface area contributed by atoms with E-state index in [0.717, 1.165) is 0 Å². The summed E-state index contributed by atoms with van der Waals surface area (Å²) < 4.78 is 53.6. The van der Waals surface area contributed by atoms with Crippen LogP contribution < -0.4 is 10.3 Å². The smallest absolute Gasteiger partial charge is 0.387 e. The molecule has 1 aliphatic rings. The van der Waals surface area contributed by atoms with Gasteiger partial charge in [0.05, 0.1) is 13.7 Å². The third kappa shape index (κ3) is 5.58. The van der Waals surface area contributed by atoms with E-state index in [2.05, 4.69) is 23.1 Å². The van der Waals surface area contributed by atoms with Crippen LogP contribution in [0.3, 0.4) is 0 Å². The van der Waals surface area contributed by atoms with Crippen molar-refractivity contribution in [2.75, 3.05) is 12.3 Å². The lowest BCUT2D eigenvalue weighted by Gasteiger charge is -2.19. The average Bonchev–Trinajstić information content (AvgIpc) is 3.16. The van der Waals surface area contributed by atoms with Crippen molar-refractivity contribution >= 4 is 40.4 Å². The molecular formula is C11H19N5O13P3+. The highest BCUT2D eigenvalue weighted by molar-refractivity contribution is 7.66. The summed E-state index contributed by atoms with van der Waals surface area (Å²) in [5.74, 6) is 0.256. The molecule has 0 radical (unpaired) electrons. The van der Waals surface area contributed by atoms with E-state index in [1.165, 1.54) is 21.8 Å². The number of nitrogens with two attached hydrogens (primary N) is 1. The lowest BCUT2D eigenvalue weighted by atomic mass is 10.1. The second-order valence-electron chi connectivity index (χ2n) is 6.50. The lowest BCUT2D eigenvalue weighted by Crippen LogP contribution is -2.34. The van der Waals surface area contributed by atoms with Gasteiger partial charge in [-0.1, -0.05) is 4.98 Å². The Labute approximate surface area is 178 Å². The number of aliphatic hydroxyl groups is 2. The molecule has 6 unspecified atom stereocenters. The van der Waals surface area contributed by atoms with Crippen LogP contribution in [0.2, 0.25) is 0 Å². The Morgan fingerprint density at radius 3 is 2.41 bits per heavy atom. The van der Waals surface area contributed by atoms with Gasteiger partial charge in [0.25, 0.3) is 5.82 Å². The van der Waals surface area contributed by atoms with Gasteiger partial charge in [0.2, 0.25) is 12.0 Å². The first-order valence-corrected chi connectivity index (χ1v) is 12.9. The quantitative estimate of drug-likeness (QED) is 0.143. The number of anilines is 1. The van der Waals surface area contributed by atoms with Crippen LogP contribution in [0.25, 0.3) is 11.2 Å². The van der Waals surface area contributed by atoms with Gasteiger partial charge in [0.1, 0.15) is 24.6 Å². The molecular weight excluding hydrogens is 503 g/mol. The molecule has 32 heavy (non-hydrogen) atoms. The zero-order chi connectivity index (χ0) is 24.1. The predicted molar refractivity (Wildman–Crippen MR) is 98.9 cm³/mol. The van der Waals surface area contributed by atoms with E-state index in [-0.39, 0.29) is 17.0 Å². The summed E-state index contributed by atoms with van der Waals surface area (Å²) in [6.45, 7) is -0.949. The van der Waals surface area contributed by atoms with Crippen LogP contribution >= 0.6 is 23.5 Å². The van der Waals surface area contributed by atoms with Crippen LogP contribution in [-0.4, -0.2) is 69.2 Å². The summed E-state index contributed by atoms with van der Waals surface area (Å²) >= 11 is 0. The van der Waals surface area contributed by atoms with E-state index in [1.807, 2.05) is 0 Å². The maximum Gasteiger partial charge on any atom is 0.490 e. The summed E-state index contributed by atoms with van der Waals surface area (Å²) in [7, 11) is -15.0. The van der Waals surface area contributed by atoms with Crippen molar-refractivity contribution in [3.63, 3.8) is 0 Å². The number of hydrogen-bond donors (Lipinski definition) is 7. The number of hydrogen-bond acceptors (Lipinski definition) is 12. The van der Waals surface area contributed by atoms with Gasteiger partial charge in [-0.15, -0.1) is 0 Å². The Kier molecular flexibility index (Phi) is 6.93. The molecule has 0 amide bonds. The van der Waals surface area contributed by atoms with Crippen LogP contribution in [0.1, 0.15) is 6.23 Å². The lowest BCUT2D eigenvalue weighted by molar-refractivity contribution is -0.658. The zero-order valence-electron chi connectivity index (χ0n) is 15.9. The molecule has 21 heteroatoms. The Morgan fingerprint density at radius 2 is 1.78 bits per heavy atom. The van der Waals surface area contributed by atoms with Crippen molar-refractivity contribution in [2.24, 2.45) is 7.05 Å². The molecule has 18 nitrogen and oxygen atoms in total. The van der Waals surface area contributed by atoms with Gasteiger partial charge in [0, 0.05) is 0 Å². The molecule has 2 aromatic rings. The molecule has 1 fully saturated rings. The van der Waals surface area contributed by atoms with E-state index >= 15 is 0 Å². The van der Waals surface area contributed by atoms with Gasteiger partial charge in [0.15, 0.2) is 11.7 Å². The highest BCUT2D eigenvalue weighted by Crippen LogP contribution is 2.66. The SMILES string of the molecule is C[n+]1cnc2c(ncn2C2OC(COP(=O)(O)OP(=O)(O)OP(=O)(O)O)C(O)C2O)c1N. The van der Waals surface area contributed by atoms with Crippen molar-refractivity contribution in [3.05, 3.63) is 12.7 Å². The van der Waals surface area contributed by atoms with Gasteiger partial charge >= 0.3 is 23.5 Å². The molecule has 0 aliphatic carbocycles. The maximum atomic E-state index is 11.8. The first kappa shape index (κ1) is 25.3. The van der Waals surface area contributed by atoms with E-state index in [9.17, 15) is 28.8 Å². The Bertz CT molecular complexity index is 1150. The number of aryl methyl sites for hydroxylation is 1. The van der Waals surface area contributed by atoms with Crippen molar-refractivity contribution in [3.8, 4) is 0 Å². The minimum absolute atomic E-state index is 0.199. The molecule has 0 spiro atoms. The number of imidazole rings is 1. The number of phosphoric ester groups is 1. The molecule has 1 aliphatic heterocycles. The van der Waals surface area contributed by atoms with Gasteiger partial charge < -0.3 is 40.3 Å². The normalized spacial score (nSPS) is 28.0. The topological polar surface area (TPSA) is 270 Å². The Morgan fingerprint density at radius 1 is 1.12 bits per heavy atom. The molecule has 3 rings (SSSR count). The van der Waals surface area contributed by atoms with Gasteiger partial charge in [-0.05, 0) is 0 Å². The third-order valence-corrected chi connectivity index (χ3v) is 7.98. The Hall–Kier alpha value is -1.36. The third-order valence-electron chi connectivity index (χ3n) is 4.17. The summed E-state index contributed by atoms with van der Waals surface area (Å²) in [5.41, 5.74) is 6.38. The van der Waals surface area contributed by atoms with Crippen LogP contribution in [0, 0.1) is 0 Å². The van der Waals surface area contributed by atoms with Crippen molar-refractivity contribution in [2.45, 2.75) is 24.5 Å². The van der Waals surface area contributed by atoms with Gasteiger partial charge in [-0.25, -0.2) is 23.2 Å². The minimum Gasteiger partial charge on any atom is -0.387 e. The fourth-order valence-corrected chi connectivity index (χ4v) is 5.82. The van der Waals surface area contributed by atoms with Crippen LogP contribution in [0.15, 0.2) is 12.7 Å². The maximum absolute atomic E-state index is 11.8. The number of ether oxygens (including phenoxy) is 1. The molecule has 1 saturated heterocycles. The summed E-state index contributed by atoms with van der Waals surface area (Å²) in [5, 5.41) is 20.5. The zero-order valence-corrected chi connectivity index (χ0v) is 18.6. The van der Waals surface area contributed by atoms with E-state index in [0.29, 0.717) is 0 Å². The van der Waals surface area contributed by atoms with Crippen molar-refractivity contribution < 1.29 is 65.9 Å². The van der Waals surface area contributed by atoms with E-state index in [1.54, 1.807) is 7.05 Å². The molecule has 6 atom stereocenters. The number of fused-ring (bicyclic) bond motifs is 1. The van der Waals surface area contributed by atoms with Crippen LogP contribution in [0.4, 0.5) is 5.82 Å². The summed E-state index contributed by atoms with van der Waals surface area (Å²) in [4.78, 5) is 43.9. The number of rotatable bonds is 8. The second-order valence-corrected chi connectivity index (χ2v) is 10.9. The summed E-state index contributed by atoms with van der Waals surface area (Å²) in [6.07, 6.45) is -3.36. The monoisotopic (exact) mass is 522 g/mol. The van der Waals surface area contributed by atoms with Crippen LogP contribution in [-0.2, 0) is 38.6 Å². The molecule has 2 aromatic heterocycles. The molecule has 0 saturated carbocycles. The van der Waals surface area contributed by atoms with E-state index in [4.69, 9.17) is 25.2 Å². The largest absolute Gasteiger partial charge is 0.490 e. The first-order valence-electron chi connectivity index (χ1n) is 8.37. The minimum atomic E-state index is -5.70. The first-order chi connectivity index (χ1) is 14.6. The number of nitrogen functional groups attached to an aromatic ring is 1. The number of aromatic nitrogens is 4. The van der Waals surface area contributed by atoms with Crippen molar-refractivity contribution in [1.82, 2.24) is 14.5 Å². The van der Waals surface area contributed by atoms with Crippen LogP contribution in [0.5, 0.6) is 0 Å². The second kappa shape index (κ2) is 8.77. The van der Waals surface area contributed by atoms with Gasteiger partial charge in [-0.2, -0.15) is 8.62 Å².